The summed E-state index contributed by atoms with van der Waals surface area (Å²) in [7, 11) is 1.65. The molecule has 3 nitrogen and oxygen atoms in total. The number of nitrogens with zero attached hydrogens (tertiary/aromatic N) is 1. The van der Waals surface area contributed by atoms with Crippen molar-refractivity contribution in [3.05, 3.63) is 35.6 Å². The first kappa shape index (κ1) is 13.6. The Morgan fingerprint density at radius 3 is 2.53 bits per heavy atom. The van der Waals surface area contributed by atoms with Crippen LogP contribution in [-0.2, 0) is 11.3 Å². The molecule has 0 aromatic heterocycles. The van der Waals surface area contributed by atoms with Gasteiger partial charge in [-0.25, -0.2) is 4.39 Å². The number of rotatable bonds is 4. The Morgan fingerprint density at radius 2 is 2.00 bits per heavy atom. The predicted octanol–water partition coefficient (Wildman–Crippen LogP) is 1.91. The van der Waals surface area contributed by atoms with Crippen molar-refractivity contribution in [3.63, 3.8) is 0 Å². The average molecular weight is 238 g/mol. The van der Waals surface area contributed by atoms with Crippen molar-refractivity contribution < 1.29 is 9.18 Å². The smallest absolute Gasteiger partial charge is 0.224 e. The van der Waals surface area contributed by atoms with Crippen LogP contribution < -0.4 is 5.73 Å². The SMILES string of the molecule is CN(Cc1ccccc1F)C(=O)CC(C)(C)N. The van der Waals surface area contributed by atoms with Gasteiger partial charge in [0.05, 0.1) is 0 Å². The van der Waals surface area contributed by atoms with E-state index >= 15 is 0 Å². The lowest BCUT2D eigenvalue weighted by molar-refractivity contribution is -0.131. The summed E-state index contributed by atoms with van der Waals surface area (Å²) in [6.07, 6.45) is 0.248. The first-order valence-corrected chi connectivity index (χ1v) is 5.56. The standard InChI is InChI=1S/C13H19FN2O/c1-13(2,15)8-12(17)16(3)9-10-6-4-5-7-11(10)14/h4-7H,8-9,15H2,1-3H3. The van der Waals surface area contributed by atoms with E-state index in [-0.39, 0.29) is 24.7 Å². The number of amides is 1. The highest BCUT2D eigenvalue weighted by atomic mass is 19.1. The topological polar surface area (TPSA) is 46.3 Å². The summed E-state index contributed by atoms with van der Waals surface area (Å²) in [5.74, 6) is -0.375. The fraction of sp³-hybridized carbons (Fsp3) is 0.462. The van der Waals surface area contributed by atoms with Crippen LogP contribution in [0.2, 0.25) is 0 Å². The lowest BCUT2D eigenvalue weighted by Gasteiger charge is -2.23. The van der Waals surface area contributed by atoms with Crippen molar-refractivity contribution in [2.45, 2.75) is 32.4 Å². The third-order valence-electron chi connectivity index (χ3n) is 2.40. The van der Waals surface area contributed by atoms with E-state index in [1.165, 1.54) is 11.0 Å². The van der Waals surface area contributed by atoms with Gasteiger partial charge in [0.1, 0.15) is 5.82 Å². The first-order chi connectivity index (χ1) is 7.79. The lowest BCUT2D eigenvalue weighted by atomic mass is 10.0. The molecule has 0 aliphatic heterocycles. The third-order valence-corrected chi connectivity index (χ3v) is 2.40. The molecule has 0 atom stereocenters. The molecular weight excluding hydrogens is 219 g/mol. The van der Waals surface area contributed by atoms with Crippen LogP contribution in [0.5, 0.6) is 0 Å². The quantitative estimate of drug-likeness (QED) is 0.871. The second kappa shape index (κ2) is 5.27. The lowest BCUT2D eigenvalue weighted by Crippen LogP contribution is -2.39. The summed E-state index contributed by atoms with van der Waals surface area (Å²) >= 11 is 0. The molecule has 1 aromatic rings. The fourth-order valence-corrected chi connectivity index (χ4v) is 1.50. The Balaban J connectivity index is 2.64. The number of hydrogen-bond donors (Lipinski definition) is 1. The maximum atomic E-state index is 13.4. The van der Waals surface area contributed by atoms with Gasteiger partial charge in [-0.3, -0.25) is 4.79 Å². The third kappa shape index (κ3) is 4.53. The Bertz CT molecular complexity index is 399. The van der Waals surface area contributed by atoms with Crippen LogP contribution in [0.25, 0.3) is 0 Å². The summed E-state index contributed by atoms with van der Waals surface area (Å²) in [6.45, 7) is 3.85. The predicted molar refractivity (Wildman–Crippen MR) is 65.8 cm³/mol. The van der Waals surface area contributed by atoms with Crippen molar-refractivity contribution in [2.24, 2.45) is 5.73 Å². The molecule has 0 radical (unpaired) electrons. The minimum Gasteiger partial charge on any atom is -0.341 e. The van der Waals surface area contributed by atoms with Crippen molar-refractivity contribution in [1.29, 1.82) is 0 Å². The molecule has 94 valence electrons. The van der Waals surface area contributed by atoms with Gasteiger partial charge in [0.2, 0.25) is 5.91 Å². The molecule has 1 amide bonds. The van der Waals surface area contributed by atoms with Gasteiger partial charge >= 0.3 is 0 Å². The van der Waals surface area contributed by atoms with Crippen LogP contribution in [-0.4, -0.2) is 23.4 Å². The van der Waals surface area contributed by atoms with Crippen LogP contribution in [0.3, 0.4) is 0 Å². The Labute approximate surface area is 101 Å². The summed E-state index contributed by atoms with van der Waals surface area (Å²) in [5, 5.41) is 0. The average Bonchev–Trinajstić information content (AvgIpc) is 2.18. The summed E-state index contributed by atoms with van der Waals surface area (Å²) in [6, 6.07) is 6.44. The minimum atomic E-state index is -0.541. The van der Waals surface area contributed by atoms with Crippen LogP contribution >= 0.6 is 0 Å². The van der Waals surface area contributed by atoms with Crippen molar-refractivity contribution in [1.82, 2.24) is 4.90 Å². The molecule has 1 rings (SSSR count). The molecule has 0 aliphatic rings. The fourth-order valence-electron chi connectivity index (χ4n) is 1.50. The van der Waals surface area contributed by atoms with Crippen LogP contribution in [0.1, 0.15) is 25.8 Å². The van der Waals surface area contributed by atoms with E-state index in [9.17, 15) is 9.18 Å². The monoisotopic (exact) mass is 238 g/mol. The van der Waals surface area contributed by atoms with Gasteiger partial charge in [0.15, 0.2) is 0 Å². The number of nitrogens with two attached hydrogens (primary N) is 1. The molecule has 0 unspecified atom stereocenters. The van der Waals surface area contributed by atoms with Gasteiger partial charge in [-0.15, -0.1) is 0 Å². The summed E-state index contributed by atoms with van der Waals surface area (Å²) in [5.41, 5.74) is 5.75. The molecule has 1 aromatic carbocycles. The van der Waals surface area contributed by atoms with Gasteiger partial charge in [-0.1, -0.05) is 18.2 Å². The normalized spacial score (nSPS) is 11.4. The molecule has 4 heteroatoms. The highest BCUT2D eigenvalue weighted by Gasteiger charge is 2.19. The largest absolute Gasteiger partial charge is 0.341 e. The molecule has 2 N–H and O–H groups in total. The summed E-state index contributed by atoms with van der Waals surface area (Å²) < 4.78 is 13.4. The molecule has 0 saturated carbocycles. The zero-order valence-corrected chi connectivity index (χ0v) is 10.5. The molecule has 0 spiro atoms. The Kier molecular flexibility index (Phi) is 4.23. The molecule has 0 heterocycles. The Morgan fingerprint density at radius 1 is 1.41 bits per heavy atom. The van der Waals surface area contributed by atoms with Gasteiger partial charge in [0, 0.05) is 31.1 Å². The van der Waals surface area contributed by atoms with E-state index in [0.717, 1.165) is 0 Å². The maximum Gasteiger partial charge on any atom is 0.224 e. The summed E-state index contributed by atoms with van der Waals surface area (Å²) in [4.78, 5) is 13.3. The van der Waals surface area contributed by atoms with Crippen LogP contribution in [0.15, 0.2) is 24.3 Å². The van der Waals surface area contributed by atoms with Gasteiger partial charge in [-0.05, 0) is 19.9 Å². The minimum absolute atomic E-state index is 0.0826. The number of benzene rings is 1. The first-order valence-electron chi connectivity index (χ1n) is 5.56. The van der Waals surface area contributed by atoms with Crippen molar-refractivity contribution in [3.8, 4) is 0 Å². The number of carbonyl (C=O) groups excluding carboxylic acids is 1. The van der Waals surface area contributed by atoms with Crippen molar-refractivity contribution >= 4 is 5.91 Å². The molecule has 17 heavy (non-hydrogen) atoms. The van der Waals surface area contributed by atoms with E-state index in [4.69, 9.17) is 5.73 Å². The van der Waals surface area contributed by atoms with E-state index in [0.29, 0.717) is 5.56 Å². The molecule has 0 fully saturated rings. The highest BCUT2D eigenvalue weighted by Crippen LogP contribution is 2.12. The van der Waals surface area contributed by atoms with Gasteiger partial charge in [0.25, 0.3) is 0 Å². The van der Waals surface area contributed by atoms with E-state index < -0.39 is 5.54 Å². The highest BCUT2D eigenvalue weighted by molar-refractivity contribution is 5.77. The van der Waals surface area contributed by atoms with Gasteiger partial charge < -0.3 is 10.6 Å². The second-order valence-corrected chi connectivity index (χ2v) is 5.01. The second-order valence-electron chi connectivity index (χ2n) is 5.01. The van der Waals surface area contributed by atoms with E-state index in [2.05, 4.69) is 0 Å². The zero-order chi connectivity index (χ0) is 13.1. The van der Waals surface area contributed by atoms with Gasteiger partial charge in [-0.2, -0.15) is 0 Å². The molecular formula is C13H19FN2O. The van der Waals surface area contributed by atoms with Crippen molar-refractivity contribution in [2.75, 3.05) is 7.05 Å². The van der Waals surface area contributed by atoms with Crippen LogP contribution in [0, 0.1) is 5.82 Å². The molecule has 0 saturated heterocycles. The van der Waals surface area contributed by atoms with E-state index in [1.54, 1.807) is 39.1 Å². The number of hydrogen-bond acceptors (Lipinski definition) is 2. The van der Waals surface area contributed by atoms with E-state index in [1.807, 2.05) is 0 Å². The van der Waals surface area contributed by atoms with Crippen LogP contribution in [0.4, 0.5) is 4.39 Å². The maximum absolute atomic E-state index is 13.4. The molecule has 0 bridgehead atoms. The number of carbonyl (C=O) groups is 1. The Hall–Kier alpha value is -1.42. The zero-order valence-electron chi connectivity index (χ0n) is 10.5. The number of halogens is 1. The molecule has 0 aliphatic carbocycles.